The van der Waals surface area contributed by atoms with E-state index in [1.807, 2.05) is 16.7 Å². The van der Waals surface area contributed by atoms with Crippen LogP contribution in [0.15, 0.2) is 0 Å². The first-order chi connectivity index (χ1) is 9.84. The summed E-state index contributed by atoms with van der Waals surface area (Å²) in [6.07, 6.45) is 0.642. The zero-order chi connectivity index (χ0) is 17.6. The van der Waals surface area contributed by atoms with Gasteiger partial charge in [0.2, 0.25) is 5.91 Å². The zero-order valence-electron chi connectivity index (χ0n) is 16.3. The summed E-state index contributed by atoms with van der Waals surface area (Å²) in [5.41, 5.74) is 0.454. The molecule has 0 rings (SSSR count). The van der Waals surface area contributed by atoms with E-state index >= 15 is 0 Å². The van der Waals surface area contributed by atoms with Gasteiger partial charge in [-0.05, 0) is 37.6 Å². The van der Waals surface area contributed by atoms with Crippen molar-refractivity contribution in [2.24, 2.45) is 10.8 Å². The third-order valence-corrected chi connectivity index (χ3v) is 4.94. The van der Waals surface area contributed by atoms with Crippen LogP contribution in [0.2, 0.25) is 0 Å². The van der Waals surface area contributed by atoms with Crippen LogP contribution in [0, 0.1) is 10.8 Å². The summed E-state index contributed by atoms with van der Waals surface area (Å²) in [4.78, 5) is 16.9. The predicted octanol–water partition coefficient (Wildman–Crippen LogP) is 3.98. The molecule has 0 bridgehead atoms. The van der Waals surface area contributed by atoms with Crippen LogP contribution < -0.4 is 0 Å². The number of amides is 1. The minimum absolute atomic E-state index is 0.154. The maximum Gasteiger partial charge on any atom is 0.223 e. The number of hydrogen-bond acceptors (Lipinski definition) is 3. The lowest BCUT2D eigenvalue weighted by Crippen LogP contribution is -2.40. The topological polar surface area (TPSA) is 23.6 Å². The van der Waals surface area contributed by atoms with Crippen molar-refractivity contribution in [1.82, 2.24) is 9.80 Å². The van der Waals surface area contributed by atoms with Crippen molar-refractivity contribution in [3.63, 3.8) is 0 Å². The molecule has 0 spiro atoms. The quantitative estimate of drug-likeness (QED) is 0.672. The molecule has 0 saturated carbocycles. The van der Waals surface area contributed by atoms with E-state index in [9.17, 15) is 4.79 Å². The van der Waals surface area contributed by atoms with Crippen LogP contribution >= 0.6 is 11.8 Å². The predicted molar refractivity (Wildman–Crippen MR) is 101 cm³/mol. The molecule has 0 aliphatic carbocycles. The van der Waals surface area contributed by atoms with Crippen LogP contribution in [0.1, 0.15) is 54.9 Å². The van der Waals surface area contributed by atoms with Crippen molar-refractivity contribution in [2.75, 3.05) is 39.5 Å². The lowest BCUT2D eigenvalue weighted by molar-refractivity contribution is -0.132. The third kappa shape index (κ3) is 11.4. The van der Waals surface area contributed by atoms with E-state index in [4.69, 9.17) is 0 Å². The summed E-state index contributed by atoms with van der Waals surface area (Å²) >= 11 is 1.94. The second-order valence-electron chi connectivity index (χ2n) is 8.93. The molecule has 0 aromatic rings. The standard InChI is InChI=1S/C18H38N2OS/c1-10-20(13-17(2,3)4)16(21)11-15(12-19(8)9)22-14-18(5,6)7/h15H,10-14H2,1-9H3. The molecule has 1 atom stereocenters. The van der Waals surface area contributed by atoms with Gasteiger partial charge in [0.05, 0.1) is 0 Å². The smallest absolute Gasteiger partial charge is 0.223 e. The van der Waals surface area contributed by atoms with Crippen LogP contribution in [-0.2, 0) is 4.79 Å². The Morgan fingerprint density at radius 2 is 1.59 bits per heavy atom. The Hall–Kier alpha value is -0.220. The minimum Gasteiger partial charge on any atom is -0.342 e. The van der Waals surface area contributed by atoms with E-state index in [0.29, 0.717) is 23.0 Å². The van der Waals surface area contributed by atoms with Gasteiger partial charge in [-0.3, -0.25) is 4.79 Å². The van der Waals surface area contributed by atoms with Crippen LogP contribution in [0.3, 0.4) is 0 Å². The number of rotatable bonds is 8. The SMILES string of the molecule is CCN(CC(C)(C)C)C(=O)CC(CN(C)C)SCC(C)(C)C. The van der Waals surface area contributed by atoms with Crippen LogP contribution in [-0.4, -0.2) is 60.4 Å². The molecular formula is C18H38N2OS. The largest absolute Gasteiger partial charge is 0.342 e. The molecule has 0 saturated heterocycles. The number of nitrogens with zero attached hydrogens (tertiary/aromatic N) is 2. The Morgan fingerprint density at radius 1 is 1.05 bits per heavy atom. The zero-order valence-corrected chi connectivity index (χ0v) is 17.1. The van der Waals surface area contributed by atoms with Gasteiger partial charge in [0.15, 0.2) is 0 Å². The highest BCUT2D eigenvalue weighted by molar-refractivity contribution is 8.00. The van der Waals surface area contributed by atoms with E-state index in [2.05, 4.69) is 67.5 Å². The molecule has 0 aromatic heterocycles. The summed E-state index contributed by atoms with van der Waals surface area (Å²) in [7, 11) is 4.17. The summed E-state index contributed by atoms with van der Waals surface area (Å²) in [5.74, 6) is 1.38. The van der Waals surface area contributed by atoms with Gasteiger partial charge in [-0.15, -0.1) is 0 Å². The van der Waals surface area contributed by atoms with Gasteiger partial charge in [-0.2, -0.15) is 11.8 Å². The van der Waals surface area contributed by atoms with Gasteiger partial charge in [-0.25, -0.2) is 0 Å². The molecule has 1 amide bonds. The molecule has 0 heterocycles. The lowest BCUT2D eigenvalue weighted by atomic mass is 9.96. The monoisotopic (exact) mass is 330 g/mol. The number of thioether (sulfide) groups is 1. The van der Waals surface area contributed by atoms with Gasteiger partial charge in [-0.1, -0.05) is 41.5 Å². The van der Waals surface area contributed by atoms with Crippen molar-refractivity contribution in [2.45, 2.75) is 60.1 Å². The highest BCUT2D eigenvalue weighted by Crippen LogP contribution is 2.26. The molecule has 0 fully saturated rings. The molecule has 0 N–H and O–H groups in total. The number of carbonyl (C=O) groups is 1. The number of carbonyl (C=O) groups excluding carboxylic acids is 1. The molecule has 0 radical (unpaired) electrons. The van der Waals surface area contributed by atoms with Crippen molar-refractivity contribution < 1.29 is 4.79 Å². The highest BCUT2D eigenvalue weighted by atomic mass is 32.2. The Bertz CT molecular complexity index is 329. The molecule has 4 heteroatoms. The fourth-order valence-electron chi connectivity index (χ4n) is 2.22. The van der Waals surface area contributed by atoms with Crippen LogP contribution in [0.4, 0.5) is 0 Å². The maximum atomic E-state index is 12.7. The fraction of sp³-hybridized carbons (Fsp3) is 0.944. The van der Waals surface area contributed by atoms with Crippen molar-refractivity contribution in [3.8, 4) is 0 Å². The molecule has 1 unspecified atom stereocenters. The number of hydrogen-bond donors (Lipinski definition) is 0. The second-order valence-corrected chi connectivity index (χ2v) is 10.2. The summed E-state index contributed by atoms with van der Waals surface area (Å²) < 4.78 is 0. The van der Waals surface area contributed by atoms with Crippen molar-refractivity contribution >= 4 is 17.7 Å². The molecule has 0 aromatic carbocycles. The Labute approximate surface area is 143 Å². The first-order valence-electron chi connectivity index (χ1n) is 8.38. The van der Waals surface area contributed by atoms with E-state index in [1.54, 1.807) is 0 Å². The van der Waals surface area contributed by atoms with Crippen molar-refractivity contribution in [1.29, 1.82) is 0 Å². The maximum absolute atomic E-state index is 12.7. The van der Waals surface area contributed by atoms with Gasteiger partial charge < -0.3 is 9.80 Å². The molecule has 3 nitrogen and oxygen atoms in total. The van der Waals surface area contributed by atoms with E-state index in [-0.39, 0.29) is 5.41 Å². The highest BCUT2D eigenvalue weighted by Gasteiger charge is 2.24. The van der Waals surface area contributed by atoms with Crippen LogP contribution in [0.5, 0.6) is 0 Å². The fourth-order valence-corrected chi connectivity index (χ4v) is 3.62. The lowest BCUT2D eigenvalue weighted by Gasteiger charge is -2.31. The van der Waals surface area contributed by atoms with Crippen molar-refractivity contribution in [3.05, 3.63) is 0 Å². The average molecular weight is 331 g/mol. The minimum atomic E-state index is 0.154. The van der Waals surface area contributed by atoms with Gasteiger partial charge in [0, 0.05) is 31.3 Å². The van der Waals surface area contributed by atoms with Crippen LogP contribution in [0.25, 0.3) is 0 Å². The molecule has 132 valence electrons. The Morgan fingerprint density at radius 3 is 1.95 bits per heavy atom. The summed E-state index contributed by atoms with van der Waals surface area (Å²) in [6.45, 7) is 18.0. The van der Waals surface area contributed by atoms with E-state index in [1.165, 1.54) is 0 Å². The molecular weight excluding hydrogens is 292 g/mol. The van der Waals surface area contributed by atoms with Gasteiger partial charge >= 0.3 is 0 Å². The Kier molecular flexibility index (Phi) is 9.08. The summed E-state index contributed by atoms with van der Waals surface area (Å²) in [5, 5.41) is 0.371. The first kappa shape index (κ1) is 21.8. The van der Waals surface area contributed by atoms with E-state index in [0.717, 1.165) is 25.4 Å². The normalized spacial score (nSPS) is 14.3. The second kappa shape index (κ2) is 9.17. The van der Waals surface area contributed by atoms with Gasteiger partial charge in [0.25, 0.3) is 0 Å². The van der Waals surface area contributed by atoms with Gasteiger partial charge in [0.1, 0.15) is 0 Å². The Balaban J connectivity index is 4.70. The molecule has 0 aliphatic heterocycles. The summed E-state index contributed by atoms with van der Waals surface area (Å²) in [6, 6.07) is 0. The third-order valence-electron chi connectivity index (χ3n) is 3.12. The first-order valence-corrected chi connectivity index (χ1v) is 9.43. The molecule has 0 aliphatic rings. The molecule has 22 heavy (non-hydrogen) atoms. The van der Waals surface area contributed by atoms with E-state index < -0.39 is 0 Å². The average Bonchev–Trinajstić information content (AvgIpc) is 2.30.